The lowest BCUT2D eigenvalue weighted by Crippen LogP contribution is -2.23. The van der Waals surface area contributed by atoms with Gasteiger partial charge in [-0.1, -0.05) is 23.7 Å². The molecule has 0 atom stereocenters. The summed E-state index contributed by atoms with van der Waals surface area (Å²) in [5, 5.41) is 5.04. The minimum Gasteiger partial charge on any atom is -0.475 e. The van der Waals surface area contributed by atoms with Gasteiger partial charge in [-0.3, -0.25) is 4.79 Å². The molecule has 0 aliphatic rings. The number of benzene rings is 1. The van der Waals surface area contributed by atoms with Crippen molar-refractivity contribution in [1.29, 1.82) is 0 Å². The number of ether oxygens (including phenoxy) is 1. The second kappa shape index (κ2) is 8.86. The summed E-state index contributed by atoms with van der Waals surface area (Å²) in [6, 6.07) is 9.23. The van der Waals surface area contributed by atoms with Gasteiger partial charge in [-0.15, -0.1) is 0 Å². The molecule has 0 aliphatic carbocycles. The highest BCUT2D eigenvalue weighted by atomic mass is 35.5. The highest BCUT2D eigenvalue weighted by Crippen LogP contribution is 2.23. The number of hydrogen-bond donors (Lipinski definition) is 2. The third kappa shape index (κ3) is 4.88. The van der Waals surface area contributed by atoms with Gasteiger partial charge < -0.3 is 20.7 Å². The van der Waals surface area contributed by atoms with Gasteiger partial charge in [0.25, 0.3) is 5.91 Å². The molecule has 28 heavy (non-hydrogen) atoms. The van der Waals surface area contributed by atoms with E-state index in [2.05, 4.69) is 15.3 Å². The molecule has 0 aliphatic heterocycles. The smallest absolute Gasteiger partial charge is 0.253 e. The molecule has 146 valence electrons. The Balaban J connectivity index is 1.62. The van der Waals surface area contributed by atoms with Gasteiger partial charge in [-0.05, 0) is 43.2 Å². The number of nitrogens with zero attached hydrogens (tertiary/aromatic N) is 3. The van der Waals surface area contributed by atoms with Crippen LogP contribution >= 0.6 is 11.6 Å². The third-order valence-electron chi connectivity index (χ3n) is 4.16. The fraction of sp³-hybridized carbons (Fsp3) is 0.250. The van der Waals surface area contributed by atoms with Crippen molar-refractivity contribution < 1.29 is 9.53 Å². The predicted molar refractivity (Wildman–Crippen MR) is 111 cm³/mol. The molecule has 3 N–H and O–H groups in total. The number of likely N-dealkylation sites (N-methyl/N-ethyl adjacent to an activating group) is 1. The van der Waals surface area contributed by atoms with Crippen LogP contribution in [0.1, 0.15) is 15.9 Å². The van der Waals surface area contributed by atoms with Crippen LogP contribution in [0.15, 0.2) is 42.7 Å². The summed E-state index contributed by atoms with van der Waals surface area (Å²) < 4.78 is 5.53. The molecule has 2 aromatic heterocycles. The maximum atomic E-state index is 12.4. The second-order valence-electron chi connectivity index (χ2n) is 6.60. The fourth-order valence-electron chi connectivity index (χ4n) is 2.63. The highest BCUT2D eigenvalue weighted by molar-refractivity contribution is 6.32. The van der Waals surface area contributed by atoms with Crippen molar-refractivity contribution in [3.05, 3.63) is 58.9 Å². The number of carbonyl (C=O) groups excluding carboxylic acids is 1. The number of hydrogen-bond acceptors (Lipinski definition) is 6. The number of pyridine rings is 2. The maximum Gasteiger partial charge on any atom is 0.253 e. The van der Waals surface area contributed by atoms with Crippen molar-refractivity contribution >= 4 is 34.1 Å². The number of anilines is 1. The van der Waals surface area contributed by atoms with Crippen LogP contribution in [0.5, 0.6) is 5.88 Å². The summed E-state index contributed by atoms with van der Waals surface area (Å²) in [4.78, 5) is 22.6. The quantitative estimate of drug-likeness (QED) is 0.634. The minimum atomic E-state index is -0.261. The van der Waals surface area contributed by atoms with Crippen molar-refractivity contribution in [2.45, 2.75) is 6.54 Å². The Kier molecular flexibility index (Phi) is 6.28. The zero-order valence-corrected chi connectivity index (χ0v) is 16.5. The van der Waals surface area contributed by atoms with Crippen molar-refractivity contribution in [3.63, 3.8) is 0 Å². The van der Waals surface area contributed by atoms with Crippen LogP contribution in [-0.2, 0) is 6.54 Å². The number of carbonyl (C=O) groups is 1. The molecule has 3 rings (SSSR count). The number of nitrogens with one attached hydrogen (secondary N) is 1. The maximum absolute atomic E-state index is 12.4. The Morgan fingerprint density at radius 2 is 2.07 bits per heavy atom. The highest BCUT2D eigenvalue weighted by Gasteiger charge is 2.11. The van der Waals surface area contributed by atoms with Gasteiger partial charge in [0.2, 0.25) is 5.88 Å². The number of fused-ring (bicyclic) bond motifs is 1. The lowest BCUT2D eigenvalue weighted by Gasteiger charge is -2.12. The number of rotatable bonds is 7. The van der Waals surface area contributed by atoms with Crippen LogP contribution in [-0.4, -0.2) is 48.0 Å². The molecule has 8 heteroatoms. The molecule has 0 spiro atoms. The molecule has 0 fully saturated rings. The van der Waals surface area contributed by atoms with E-state index in [-0.39, 0.29) is 5.91 Å². The van der Waals surface area contributed by atoms with Crippen molar-refractivity contribution in [2.24, 2.45) is 0 Å². The van der Waals surface area contributed by atoms with Crippen LogP contribution in [0, 0.1) is 0 Å². The molecule has 0 radical (unpaired) electrons. The first kappa shape index (κ1) is 19.9. The number of amides is 1. The van der Waals surface area contributed by atoms with Gasteiger partial charge >= 0.3 is 0 Å². The SMILES string of the molecule is CN(C)CCOc1ncc(C(=O)NCc2ccc3c(N)nccc3c2)cc1Cl. The number of halogens is 1. The van der Waals surface area contributed by atoms with E-state index >= 15 is 0 Å². The molecule has 1 amide bonds. The van der Waals surface area contributed by atoms with Gasteiger partial charge in [0.15, 0.2) is 0 Å². The molecule has 2 heterocycles. The first-order chi connectivity index (χ1) is 13.4. The van der Waals surface area contributed by atoms with Crippen LogP contribution in [0.3, 0.4) is 0 Å². The average Bonchev–Trinajstić information content (AvgIpc) is 2.67. The fourth-order valence-corrected chi connectivity index (χ4v) is 2.85. The molecule has 0 bridgehead atoms. The summed E-state index contributed by atoms with van der Waals surface area (Å²) in [5.74, 6) is 0.547. The topological polar surface area (TPSA) is 93.4 Å². The van der Waals surface area contributed by atoms with Gasteiger partial charge in [-0.25, -0.2) is 9.97 Å². The standard InChI is InChI=1S/C20H22ClN5O2/c1-26(2)7-8-28-20-17(21)10-15(12-25-20)19(27)24-11-13-3-4-16-14(9-13)5-6-23-18(16)22/h3-6,9-10,12H,7-8,11H2,1-2H3,(H2,22,23)(H,24,27). The molecular formula is C20H22ClN5O2. The average molecular weight is 400 g/mol. The van der Waals surface area contributed by atoms with Crippen LogP contribution in [0.4, 0.5) is 5.82 Å². The summed E-state index contributed by atoms with van der Waals surface area (Å²) in [6.45, 7) is 1.58. The molecule has 3 aromatic rings. The first-order valence-electron chi connectivity index (χ1n) is 8.78. The Labute approximate surface area is 168 Å². The Bertz CT molecular complexity index is 993. The van der Waals surface area contributed by atoms with Gasteiger partial charge in [-0.2, -0.15) is 0 Å². The minimum absolute atomic E-state index is 0.261. The lowest BCUT2D eigenvalue weighted by atomic mass is 10.1. The van der Waals surface area contributed by atoms with Crippen molar-refractivity contribution in [3.8, 4) is 5.88 Å². The summed E-state index contributed by atoms with van der Waals surface area (Å²) in [5.41, 5.74) is 7.19. The number of nitrogens with two attached hydrogens (primary N) is 1. The summed E-state index contributed by atoms with van der Waals surface area (Å²) in [7, 11) is 3.90. The molecule has 0 saturated heterocycles. The molecule has 0 unspecified atom stereocenters. The molecular weight excluding hydrogens is 378 g/mol. The monoisotopic (exact) mass is 399 g/mol. The zero-order valence-electron chi connectivity index (χ0n) is 15.8. The normalized spacial score (nSPS) is 11.0. The van der Waals surface area contributed by atoms with E-state index in [9.17, 15) is 4.79 Å². The number of aromatic nitrogens is 2. The largest absolute Gasteiger partial charge is 0.475 e. The van der Waals surface area contributed by atoms with Crippen molar-refractivity contribution in [1.82, 2.24) is 20.2 Å². The lowest BCUT2D eigenvalue weighted by molar-refractivity contribution is 0.0950. The number of nitrogen functional groups attached to an aromatic ring is 1. The van der Waals surface area contributed by atoms with E-state index in [0.29, 0.717) is 35.4 Å². The second-order valence-corrected chi connectivity index (χ2v) is 7.00. The molecule has 1 aromatic carbocycles. The van der Waals surface area contributed by atoms with E-state index in [1.807, 2.05) is 43.3 Å². The Morgan fingerprint density at radius 1 is 1.25 bits per heavy atom. The van der Waals surface area contributed by atoms with E-state index in [1.165, 1.54) is 6.20 Å². The third-order valence-corrected chi connectivity index (χ3v) is 4.43. The van der Waals surface area contributed by atoms with E-state index in [1.54, 1.807) is 12.3 Å². The van der Waals surface area contributed by atoms with Gasteiger partial charge in [0.1, 0.15) is 17.4 Å². The van der Waals surface area contributed by atoms with Crippen molar-refractivity contribution in [2.75, 3.05) is 33.0 Å². The van der Waals surface area contributed by atoms with Gasteiger partial charge in [0.05, 0.1) is 5.56 Å². The summed E-state index contributed by atoms with van der Waals surface area (Å²) in [6.07, 6.45) is 3.12. The van der Waals surface area contributed by atoms with Crippen LogP contribution < -0.4 is 15.8 Å². The van der Waals surface area contributed by atoms with Gasteiger partial charge in [0, 0.05) is 30.9 Å². The van der Waals surface area contributed by atoms with E-state index < -0.39 is 0 Å². The van der Waals surface area contributed by atoms with E-state index in [0.717, 1.165) is 22.9 Å². The van der Waals surface area contributed by atoms with Crippen LogP contribution in [0.25, 0.3) is 10.8 Å². The van der Waals surface area contributed by atoms with Crippen LogP contribution in [0.2, 0.25) is 5.02 Å². The molecule has 7 nitrogen and oxygen atoms in total. The summed E-state index contributed by atoms with van der Waals surface area (Å²) >= 11 is 6.19. The zero-order chi connectivity index (χ0) is 20.1. The predicted octanol–water partition coefficient (Wildman–Crippen LogP) is 2.74. The Hall–Kier alpha value is -2.90. The van der Waals surface area contributed by atoms with E-state index in [4.69, 9.17) is 22.1 Å². The first-order valence-corrected chi connectivity index (χ1v) is 9.16. The molecule has 0 saturated carbocycles. The Morgan fingerprint density at radius 3 is 2.82 bits per heavy atom.